The number of aryl methyl sites for hydroxylation is 2. The highest BCUT2D eigenvalue weighted by atomic mass is 19.4. The predicted octanol–water partition coefficient (Wildman–Crippen LogP) is 10.5. The number of nitrogens with one attached hydrogen (secondary N) is 2. The van der Waals surface area contributed by atoms with E-state index in [1.807, 2.05) is 49.4 Å². The number of amides is 2. The van der Waals surface area contributed by atoms with Gasteiger partial charge in [-0.15, -0.1) is 0 Å². The van der Waals surface area contributed by atoms with E-state index in [0.717, 1.165) is 54.5 Å². The largest absolute Gasteiger partial charge is 0.437 e. The SMILES string of the molecule is Cc1ccccc1NC(=O)c1ccc(-c2ccc(NC(=O)c3oc(CCC4CCCC(c5ccccc5)CC4)nc3C(F)(F)F)cc2)cc1. The van der Waals surface area contributed by atoms with Gasteiger partial charge in [-0.05, 0) is 97.0 Å². The lowest BCUT2D eigenvalue weighted by Crippen LogP contribution is -2.17. The van der Waals surface area contributed by atoms with Crippen LogP contribution < -0.4 is 10.6 Å². The average Bonchev–Trinajstić information content (AvgIpc) is 3.42. The molecular formula is C40H38F3N3O3. The third-order valence-electron chi connectivity index (χ3n) is 9.29. The first-order valence-electron chi connectivity index (χ1n) is 16.6. The van der Waals surface area contributed by atoms with Crippen LogP contribution in [-0.2, 0) is 12.6 Å². The summed E-state index contributed by atoms with van der Waals surface area (Å²) in [6.07, 6.45) is 1.24. The summed E-state index contributed by atoms with van der Waals surface area (Å²) in [4.78, 5) is 29.5. The zero-order valence-corrected chi connectivity index (χ0v) is 27.2. The monoisotopic (exact) mass is 665 g/mol. The van der Waals surface area contributed by atoms with Crippen LogP contribution in [0.15, 0.2) is 108 Å². The Morgan fingerprint density at radius 3 is 2.14 bits per heavy atom. The van der Waals surface area contributed by atoms with Gasteiger partial charge in [0, 0.05) is 23.4 Å². The Bertz CT molecular complexity index is 1880. The van der Waals surface area contributed by atoms with Gasteiger partial charge in [0.05, 0.1) is 0 Å². The summed E-state index contributed by atoms with van der Waals surface area (Å²) in [5.74, 6) is -1.30. The van der Waals surface area contributed by atoms with Crippen molar-refractivity contribution in [1.29, 1.82) is 0 Å². The minimum atomic E-state index is -4.84. The second-order valence-corrected chi connectivity index (χ2v) is 12.7. The number of alkyl halides is 3. The van der Waals surface area contributed by atoms with Crippen molar-refractivity contribution in [1.82, 2.24) is 4.98 Å². The van der Waals surface area contributed by atoms with E-state index in [-0.39, 0.29) is 18.2 Å². The van der Waals surface area contributed by atoms with Crippen molar-refractivity contribution in [2.45, 2.75) is 64.0 Å². The topological polar surface area (TPSA) is 84.2 Å². The molecule has 0 radical (unpaired) electrons. The molecule has 1 aliphatic rings. The molecule has 2 unspecified atom stereocenters. The number of halogens is 3. The molecule has 1 aliphatic carbocycles. The van der Waals surface area contributed by atoms with Gasteiger partial charge in [-0.3, -0.25) is 9.59 Å². The number of aromatic nitrogens is 1. The highest BCUT2D eigenvalue weighted by Crippen LogP contribution is 2.37. The van der Waals surface area contributed by atoms with Crippen LogP contribution in [0.5, 0.6) is 0 Å². The maximum Gasteiger partial charge on any atom is 0.437 e. The Labute approximate surface area is 283 Å². The summed E-state index contributed by atoms with van der Waals surface area (Å²) in [7, 11) is 0. The van der Waals surface area contributed by atoms with Gasteiger partial charge in [-0.25, -0.2) is 4.98 Å². The molecule has 1 fully saturated rings. The van der Waals surface area contributed by atoms with Gasteiger partial charge in [0.25, 0.3) is 11.8 Å². The molecule has 0 saturated heterocycles. The van der Waals surface area contributed by atoms with Crippen LogP contribution in [0.4, 0.5) is 24.5 Å². The highest BCUT2D eigenvalue weighted by Gasteiger charge is 2.41. The number of para-hydroxylation sites is 1. The summed E-state index contributed by atoms with van der Waals surface area (Å²) in [6.45, 7) is 1.92. The number of nitrogens with zero attached hydrogens (tertiary/aromatic N) is 1. The van der Waals surface area contributed by atoms with Crippen molar-refractivity contribution in [2.24, 2.45) is 5.92 Å². The molecule has 5 aromatic rings. The summed E-state index contributed by atoms with van der Waals surface area (Å²) in [6, 6.07) is 31.7. The molecule has 1 saturated carbocycles. The number of carbonyl (C=O) groups is 2. The maximum absolute atomic E-state index is 13.9. The van der Waals surface area contributed by atoms with Crippen LogP contribution in [0, 0.1) is 12.8 Å². The van der Waals surface area contributed by atoms with Gasteiger partial charge < -0.3 is 15.1 Å². The standard InChI is InChI=1S/C40H38F3N3O3/c1-26-8-5-6-13-34(26)45-38(47)32-19-17-30(18-20-32)31-21-23-33(24-22-31)44-39(48)36-37(40(41,42)43)46-35(49-36)25-15-27-9-7-12-29(16-14-27)28-10-3-2-4-11-28/h2-6,8,10-11,13,17-24,27,29H,7,9,12,14-16,25H2,1H3,(H,44,48)(H,45,47). The van der Waals surface area contributed by atoms with Crippen molar-refractivity contribution >= 4 is 23.2 Å². The number of carbonyl (C=O) groups excluding carboxylic acids is 2. The fourth-order valence-electron chi connectivity index (χ4n) is 6.53. The Balaban J connectivity index is 1.06. The smallest absolute Gasteiger partial charge is 0.435 e. The molecule has 2 amide bonds. The zero-order valence-electron chi connectivity index (χ0n) is 27.2. The van der Waals surface area contributed by atoms with E-state index in [4.69, 9.17) is 4.42 Å². The molecule has 0 bridgehead atoms. The first-order chi connectivity index (χ1) is 23.6. The van der Waals surface area contributed by atoms with Crippen LogP contribution in [-0.4, -0.2) is 16.8 Å². The van der Waals surface area contributed by atoms with Crippen LogP contribution in [0.1, 0.15) is 88.1 Å². The summed E-state index contributed by atoms with van der Waals surface area (Å²) < 4.78 is 47.3. The lowest BCUT2D eigenvalue weighted by Gasteiger charge is -2.15. The zero-order chi connectivity index (χ0) is 34.4. The lowest BCUT2D eigenvalue weighted by atomic mass is 9.90. The van der Waals surface area contributed by atoms with Crippen LogP contribution in [0.25, 0.3) is 11.1 Å². The summed E-state index contributed by atoms with van der Waals surface area (Å²) >= 11 is 0. The van der Waals surface area contributed by atoms with Crippen molar-refractivity contribution in [3.05, 3.63) is 137 Å². The van der Waals surface area contributed by atoms with Gasteiger partial charge in [0.1, 0.15) is 0 Å². The van der Waals surface area contributed by atoms with E-state index in [1.165, 1.54) is 5.56 Å². The van der Waals surface area contributed by atoms with Crippen molar-refractivity contribution in [3.8, 4) is 11.1 Å². The van der Waals surface area contributed by atoms with E-state index in [2.05, 4.69) is 39.9 Å². The third-order valence-corrected chi connectivity index (χ3v) is 9.29. The normalized spacial score (nSPS) is 16.5. The molecule has 9 heteroatoms. The second kappa shape index (κ2) is 14.9. The molecule has 6 nitrogen and oxygen atoms in total. The molecular weight excluding hydrogens is 627 g/mol. The Morgan fingerprint density at radius 1 is 0.776 bits per heavy atom. The highest BCUT2D eigenvalue weighted by molar-refractivity contribution is 6.05. The molecule has 0 spiro atoms. The second-order valence-electron chi connectivity index (χ2n) is 12.7. The van der Waals surface area contributed by atoms with Gasteiger partial charge in [0.2, 0.25) is 5.76 Å². The van der Waals surface area contributed by atoms with Crippen LogP contribution in [0.3, 0.4) is 0 Å². The lowest BCUT2D eigenvalue weighted by molar-refractivity contribution is -0.141. The number of hydrogen-bond donors (Lipinski definition) is 2. The summed E-state index contributed by atoms with van der Waals surface area (Å²) in [5.41, 5.74) is 4.16. The molecule has 252 valence electrons. The quantitative estimate of drug-likeness (QED) is 0.154. The van der Waals surface area contributed by atoms with E-state index in [0.29, 0.717) is 29.5 Å². The first-order valence-corrected chi connectivity index (χ1v) is 16.6. The number of hydrogen-bond acceptors (Lipinski definition) is 4. The van der Waals surface area contributed by atoms with Crippen molar-refractivity contribution in [3.63, 3.8) is 0 Å². The third kappa shape index (κ3) is 8.46. The average molecular weight is 666 g/mol. The summed E-state index contributed by atoms with van der Waals surface area (Å²) in [5, 5.41) is 5.43. The fourth-order valence-corrected chi connectivity index (χ4v) is 6.53. The van der Waals surface area contributed by atoms with Crippen LogP contribution in [0.2, 0.25) is 0 Å². The van der Waals surface area contributed by atoms with Gasteiger partial charge in [0.15, 0.2) is 11.6 Å². The number of oxazole rings is 1. The fraction of sp³-hybridized carbons (Fsp3) is 0.275. The van der Waals surface area contributed by atoms with E-state index in [9.17, 15) is 22.8 Å². The molecule has 49 heavy (non-hydrogen) atoms. The predicted molar refractivity (Wildman–Crippen MR) is 185 cm³/mol. The van der Waals surface area contributed by atoms with E-state index < -0.39 is 23.5 Å². The molecule has 2 atom stereocenters. The molecule has 6 rings (SSSR count). The molecule has 1 aromatic heterocycles. The van der Waals surface area contributed by atoms with Gasteiger partial charge in [-0.1, -0.05) is 85.6 Å². The first kappa shape index (κ1) is 33.7. The van der Waals surface area contributed by atoms with Crippen LogP contribution >= 0.6 is 0 Å². The Hall–Kier alpha value is -5.18. The number of anilines is 2. The molecule has 2 N–H and O–H groups in total. The number of benzene rings is 4. The van der Waals surface area contributed by atoms with Gasteiger partial charge >= 0.3 is 6.18 Å². The van der Waals surface area contributed by atoms with E-state index >= 15 is 0 Å². The Morgan fingerprint density at radius 2 is 1.45 bits per heavy atom. The van der Waals surface area contributed by atoms with E-state index in [1.54, 1.807) is 36.4 Å². The minimum Gasteiger partial charge on any atom is -0.435 e. The number of rotatable bonds is 9. The van der Waals surface area contributed by atoms with Crippen molar-refractivity contribution in [2.75, 3.05) is 10.6 Å². The molecule has 4 aromatic carbocycles. The molecule has 0 aliphatic heterocycles. The Kier molecular flexibility index (Phi) is 10.3. The molecule has 1 heterocycles. The van der Waals surface area contributed by atoms with Gasteiger partial charge in [-0.2, -0.15) is 13.2 Å². The van der Waals surface area contributed by atoms with Crippen molar-refractivity contribution < 1.29 is 27.2 Å². The minimum absolute atomic E-state index is 0.0762. The maximum atomic E-state index is 13.9.